The first kappa shape index (κ1) is 12.2. The summed E-state index contributed by atoms with van der Waals surface area (Å²) >= 11 is 0. The maximum absolute atomic E-state index is 5.71. The Morgan fingerprint density at radius 3 is 2.59 bits per heavy atom. The predicted molar refractivity (Wildman–Crippen MR) is 69.7 cm³/mol. The second-order valence-corrected chi connectivity index (χ2v) is 5.17. The molecule has 94 valence electrons. The van der Waals surface area contributed by atoms with E-state index in [-0.39, 0.29) is 5.60 Å². The van der Waals surface area contributed by atoms with Crippen molar-refractivity contribution in [1.82, 2.24) is 0 Å². The molecular weight excluding hydrogens is 214 g/mol. The highest BCUT2D eigenvalue weighted by molar-refractivity contribution is 5.47. The molecule has 1 aromatic carbocycles. The van der Waals surface area contributed by atoms with Crippen molar-refractivity contribution in [2.24, 2.45) is 0 Å². The van der Waals surface area contributed by atoms with Crippen molar-refractivity contribution in [2.75, 3.05) is 19.0 Å². The van der Waals surface area contributed by atoms with Gasteiger partial charge in [0.05, 0.1) is 12.7 Å². The molecule has 0 bridgehead atoms. The summed E-state index contributed by atoms with van der Waals surface area (Å²) in [6.07, 6.45) is 2.11. The lowest BCUT2D eigenvalue weighted by molar-refractivity contribution is -0.0553. The Balaban J connectivity index is 1.95. The quantitative estimate of drug-likeness (QED) is 0.873. The normalized spacial score (nSPS) is 23.1. The van der Waals surface area contributed by atoms with Crippen LogP contribution in [0.2, 0.25) is 0 Å². The number of hydrogen-bond acceptors (Lipinski definition) is 3. The summed E-state index contributed by atoms with van der Waals surface area (Å²) in [5, 5.41) is 3.55. The van der Waals surface area contributed by atoms with Crippen molar-refractivity contribution in [1.29, 1.82) is 0 Å². The molecule has 0 radical (unpaired) electrons. The maximum Gasteiger partial charge on any atom is 0.119 e. The first-order valence-corrected chi connectivity index (χ1v) is 6.14. The molecule has 3 nitrogen and oxygen atoms in total. The summed E-state index contributed by atoms with van der Waals surface area (Å²) in [6, 6.07) is 8.56. The van der Waals surface area contributed by atoms with E-state index in [1.54, 1.807) is 7.11 Å². The van der Waals surface area contributed by atoms with Crippen molar-refractivity contribution < 1.29 is 9.47 Å². The summed E-state index contributed by atoms with van der Waals surface area (Å²) in [5.41, 5.74) is 1.14. The Bertz CT molecular complexity index is 359. The molecule has 17 heavy (non-hydrogen) atoms. The van der Waals surface area contributed by atoms with Gasteiger partial charge in [0.2, 0.25) is 0 Å². The minimum Gasteiger partial charge on any atom is -0.497 e. The van der Waals surface area contributed by atoms with Crippen LogP contribution in [0.4, 0.5) is 5.69 Å². The summed E-state index contributed by atoms with van der Waals surface area (Å²) in [5.74, 6) is 0.892. The molecule has 1 saturated heterocycles. The highest BCUT2D eigenvalue weighted by atomic mass is 16.5. The molecule has 1 fully saturated rings. The summed E-state index contributed by atoms with van der Waals surface area (Å²) < 4.78 is 10.9. The molecule has 0 aromatic heterocycles. The van der Waals surface area contributed by atoms with Gasteiger partial charge in [0.1, 0.15) is 5.75 Å². The van der Waals surface area contributed by atoms with E-state index in [4.69, 9.17) is 9.47 Å². The second-order valence-electron chi connectivity index (χ2n) is 5.17. The third kappa shape index (κ3) is 3.37. The molecule has 1 N–H and O–H groups in total. The van der Waals surface area contributed by atoms with Crippen LogP contribution in [0.15, 0.2) is 24.3 Å². The molecule has 0 saturated carbocycles. The van der Waals surface area contributed by atoms with Gasteiger partial charge in [0.25, 0.3) is 0 Å². The van der Waals surface area contributed by atoms with Crippen LogP contribution < -0.4 is 10.1 Å². The Hall–Kier alpha value is -1.22. The average Bonchev–Trinajstić information content (AvgIpc) is 2.29. The van der Waals surface area contributed by atoms with Crippen LogP contribution >= 0.6 is 0 Å². The van der Waals surface area contributed by atoms with Gasteiger partial charge in [-0.1, -0.05) is 0 Å². The second kappa shape index (κ2) is 4.96. The number of rotatable bonds is 3. The summed E-state index contributed by atoms with van der Waals surface area (Å²) in [4.78, 5) is 0. The van der Waals surface area contributed by atoms with Crippen LogP contribution in [-0.2, 0) is 4.74 Å². The fraction of sp³-hybridized carbons (Fsp3) is 0.571. The fourth-order valence-electron chi connectivity index (χ4n) is 2.28. The molecule has 1 unspecified atom stereocenters. The largest absolute Gasteiger partial charge is 0.497 e. The van der Waals surface area contributed by atoms with Crippen molar-refractivity contribution in [2.45, 2.75) is 38.3 Å². The van der Waals surface area contributed by atoms with Gasteiger partial charge in [-0.2, -0.15) is 0 Å². The number of hydrogen-bond donors (Lipinski definition) is 1. The van der Waals surface area contributed by atoms with Crippen LogP contribution in [0.3, 0.4) is 0 Å². The molecule has 1 heterocycles. The van der Waals surface area contributed by atoms with Crippen LogP contribution in [0.25, 0.3) is 0 Å². The van der Waals surface area contributed by atoms with E-state index in [9.17, 15) is 0 Å². The predicted octanol–water partition coefficient (Wildman–Crippen LogP) is 3.06. The molecular formula is C14H21NO2. The molecule has 0 amide bonds. The van der Waals surface area contributed by atoms with E-state index in [2.05, 4.69) is 31.3 Å². The van der Waals surface area contributed by atoms with Gasteiger partial charge < -0.3 is 14.8 Å². The number of ether oxygens (including phenoxy) is 2. The number of nitrogens with one attached hydrogen (secondary N) is 1. The molecule has 1 aromatic rings. The zero-order valence-electron chi connectivity index (χ0n) is 10.8. The molecule has 1 aliphatic rings. The topological polar surface area (TPSA) is 30.5 Å². The van der Waals surface area contributed by atoms with Gasteiger partial charge in [0.15, 0.2) is 0 Å². The monoisotopic (exact) mass is 235 g/mol. The van der Waals surface area contributed by atoms with E-state index >= 15 is 0 Å². The van der Waals surface area contributed by atoms with E-state index < -0.39 is 0 Å². The molecule has 1 aliphatic heterocycles. The van der Waals surface area contributed by atoms with E-state index in [0.29, 0.717) is 6.04 Å². The minimum atomic E-state index is -0.0115. The average molecular weight is 235 g/mol. The maximum atomic E-state index is 5.71. The van der Waals surface area contributed by atoms with Crippen LogP contribution in [0, 0.1) is 0 Å². The highest BCUT2D eigenvalue weighted by Gasteiger charge is 2.28. The fourth-order valence-corrected chi connectivity index (χ4v) is 2.28. The van der Waals surface area contributed by atoms with Gasteiger partial charge >= 0.3 is 0 Å². The van der Waals surface area contributed by atoms with E-state index in [0.717, 1.165) is 30.9 Å². The zero-order chi connectivity index (χ0) is 12.3. The minimum absolute atomic E-state index is 0.0115. The Morgan fingerprint density at radius 2 is 2.00 bits per heavy atom. The molecule has 1 atom stereocenters. The highest BCUT2D eigenvalue weighted by Crippen LogP contribution is 2.26. The lowest BCUT2D eigenvalue weighted by atomic mass is 9.94. The molecule has 2 rings (SSSR count). The van der Waals surface area contributed by atoms with Gasteiger partial charge in [-0.15, -0.1) is 0 Å². The van der Waals surface area contributed by atoms with Crippen molar-refractivity contribution >= 4 is 5.69 Å². The Kier molecular flexibility index (Phi) is 3.57. The van der Waals surface area contributed by atoms with E-state index in [1.807, 2.05) is 12.1 Å². The Labute approximate surface area is 103 Å². The lowest BCUT2D eigenvalue weighted by Crippen LogP contribution is -2.40. The summed E-state index contributed by atoms with van der Waals surface area (Å²) in [7, 11) is 1.68. The SMILES string of the molecule is COc1ccc(NC2CCOC(C)(C)C2)cc1. The van der Waals surface area contributed by atoms with Crippen molar-refractivity contribution in [3.05, 3.63) is 24.3 Å². The third-order valence-electron chi connectivity index (χ3n) is 3.16. The molecule has 0 aliphatic carbocycles. The van der Waals surface area contributed by atoms with Gasteiger partial charge in [-0.25, -0.2) is 0 Å². The smallest absolute Gasteiger partial charge is 0.119 e. The van der Waals surface area contributed by atoms with Gasteiger partial charge in [-0.05, 0) is 51.0 Å². The zero-order valence-corrected chi connectivity index (χ0v) is 10.8. The number of benzene rings is 1. The summed E-state index contributed by atoms with van der Waals surface area (Å²) in [6.45, 7) is 5.13. The van der Waals surface area contributed by atoms with Crippen molar-refractivity contribution in [3.8, 4) is 5.75 Å². The van der Waals surface area contributed by atoms with E-state index in [1.165, 1.54) is 0 Å². The number of methoxy groups -OCH3 is 1. The number of anilines is 1. The van der Waals surface area contributed by atoms with Gasteiger partial charge in [-0.3, -0.25) is 0 Å². The first-order chi connectivity index (χ1) is 8.09. The standard InChI is InChI=1S/C14H21NO2/c1-14(2)10-12(8-9-17-14)15-11-4-6-13(16-3)7-5-11/h4-7,12,15H,8-10H2,1-3H3. The van der Waals surface area contributed by atoms with Crippen molar-refractivity contribution in [3.63, 3.8) is 0 Å². The Morgan fingerprint density at radius 1 is 1.29 bits per heavy atom. The third-order valence-corrected chi connectivity index (χ3v) is 3.16. The molecule has 0 spiro atoms. The molecule has 3 heteroatoms. The first-order valence-electron chi connectivity index (χ1n) is 6.14. The van der Waals surface area contributed by atoms with Crippen LogP contribution in [0.5, 0.6) is 5.75 Å². The van der Waals surface area contributed by atoms with Crippen LogP contribution in [0.1, 0.15) is 26.7 Å². The van der Waals surface area contributed by atoms with Crippen LogP contribution in [-0.4, -0.2) is 25.4 Å². The van der Waals surface area contributed by atoms with Gasteiger partial charge in [0, 0.05) is 18.3 Å². The lowest BCUT2D eigenvalue weighted by Gasteiger charge is -2.36.